The number of aromatic nitrogens is 2. The van der Waals surface area contributed by atoms with E-state index in [-0.39, 0.29) is 0 Å². The minimum atomic E-state index is 0.656. The van der Waals surface area contributed by atoms with E-state index in [0.29, 0.717) is 11.7 Å². The largest absolute Gasteiger partial charge is 0.387 e. The Balaban J connectivity index is 2.67. The lowest BCUT2D eigenvalue weighted by atomic mass is 10.3. The Bertz CT molecular complexity index is 288. The molecule has 0 aliphatic rings. The van der Waals surface area contributed by atoms with Gasteiger partial charge in [-0.2, -0.15) is 5.10 Å². The number of rotatable bonds is 4. The van der Waals surface area contributed by atoms with Crippen LogP contribution in [0.15, 0.2) is 17.3 Å². The zero-order chi connectivity index (χ0) is 9.68. The second kappa shape index (κ2) is 4.64. The fraction of sp³-hybridized carbons (Fsp3) is 0.556. The summed E-state index contributed by atoms with van der Waals surface area (Å²) >= 11 is 0. The lowest BCUT2D eigenvalue weighted by Crippen LogP contribution is -2.10. The summed E-state index contributed by atoms with van der Waals surface area (Å²) < 4.78 is 1.83. The van der Waals surface area contributed by atoms with Gasteiger partial charge in [-0.25, -0.2) is 4.99 Å². The van der Waals surface area contributed by atoms with E-state index in [1.54, 1.807) is 0 Å². The van der Waals surface area contributed by atoms with Gasteiger partial charge in [0.2, 0.25) is 0 Å². The Morgan fingerprint density at radius 2 is 2.38 bits per heavy atom. The van der Waals surface area contributed by atoms with Gasteiger partial charge in [-0.05, 0) is 13.3 Å². The molecule has 1 aromatic rings. The van der Waals surface area contributed by atoms with E-state index in [1.165, 1.54) is 0 Å². The topological polar surface area (TPSA) is 56.2 Å². The van der Waals surface area contributed by atoms with Crippen LogP contribution in [0.25, 0.3) is 0 Å². The van der Waals surface area contributed by atoms with Gasteiger partial charge in [0.25, 0.3) is 0 Å². The summed E-state index contributed by atoms with van der Waals surface area (Å²) in [4.78, 5) is 4.18. The zero-order valence-electron chi connectivity index (χ0n) is 8.20. The summed E-state index contributed by atoms with van der Waals surface area (Å²) in [5.74, 6) is 1.36. The average molecular weight is 180 g/mol. The molecule has 1 heterocycles. The predicted molar refractivity (Wildman–Crippen MR) is 54.1 cm³/mol. The number of nitrogens with zero attached hydrogens (tertiary/aromatic N) is 3. The van der Waals surface area contributed by atoms with Crippen molar-refractivity contribution in [3.05, 3.63) is 12.3 Å². The highest BCUT2D eigenvalue weighted by molar-refractivity contribution is 5.82. The fourth-order valence-electron chi connectivity index (χ4n) is 1.05. The lowest BCUT2D eigenvalue weighted by Gasteiger charge is -1.94. The third kappa shape index (κ3) is 2.89. The Hall–Kier alpha value is -1.32. The van der Waals surface area contributed by atoms with E-state index in [9.17, 15) is 0 Å². The maximum Gasteiger partial charge on any atom is 0.175 e. The molecule has 2 N–H and O–H groups in total. The van der Waals surface area contributed by atoms with Crippen LogP contribution in [0.3, 0.4) is 0 Å². The predicted octanol–water partition coefficient (Wildman–Crippen LogP) is 1.69. The molecule has 1 aromatic heterocycles. The molecule has 0 fully saturated rings. The summed E-state index contributed by atoms with van der Waals surface area (Å²) in [6.07, 6.45) is 3.75. The standard InChI is InChI=1S/C9H16N4/c1-3-5-8(10)11-9-6-7-13(4-2)12-9/h6-7H,3-5H2,1-2H3,(H2,10,11,12). The van der Waals surface area contributed by atoms with Gasteiger partial charge < -0.3 is 5.73 Å². The van der Waals surface area contributed by atoms with Gasteiger partial charge in [-0.1, -0.05) is 6.92 Å². The number of aliphatic imine (C=N–C) groups is 1. The summed E-state index contributed by atoms with van der Waals surface area (Å²) in [5.41, 5.74) is 5.67. The van der Waals surface area contributed by atoms with Crippen LogP contribution in [-0.2, 0) is 6.54 Å². The fourth-order valence-corrected chi connectivity index (χ4v) is 1.05. The van der Waals surface area contributed by atoms with Crippen molar-refractivity contribution < 1.29 is 0 Å². The van der Waals surface area contributed by atoms with Gasteiger partial charge >= 0.3 is 0 Å². The smallest absolute Gasteiger partial charge is 0.175 e. The summed E-state index contributed by atoms with van der Waals surface area (Å²) in [5, 5.41) is 4.20. The Labute approximate surface area is 78.5 Å². The number of nitrogens with two attached hydrogens (primary N) is 1. The maximum atomic E-state index is 5.67. The van der Waals surface area contributed by atoms with Gasteiger partial charge in [-0.15, -0.1) is 0 Å². The molecule has 1 rings (SSSR count). The van der Waals surface area contributed by atoms with E-state index in [0.717, 1.165) is 19.4 Å². The van der Waals surface area contributed by atoms with Crippen molar-refractivity contribution in [3.63, 3.8) is 0 Å². The van der Waals surface area contributed by atoms with Crippen molar-refractivity contribution in [2.24, 2.45) is 10.7 Å². The summed E-state index contributed by atoms with van der Waals surface area (Å²) in [6.45, 7) is 4.98. The number of hydrogen-bond donors (Lipinski definition) is 1. The van der Waals surface area contributed by atoms with Gasteiger partial charge in [0.05, 0.1) is 0 Å². The average Bonchev–Trinajstić information content (AvgIpc) is 2.52. The molecule has 0 bridgehead atoms. The first kappa shape index (κ1) is 9.77. The lowest BCUT2D eigenvalue weighted by molar-refractivity contribution is 0.661. The van der Waals surface area contributed by atoms with Gasteiger partial charge in [0, 0.05) is 25.2 Å². The van der Waals surface area contributed by atoms with E-state index in [4.69, 9.17) is 5.73 Å². The molecular formula is C9H16N4. The third-order valence-electron chi connectivity index (χ3n) is 1.71. The van der Waals surface area contributed by atoms with Crippen molar-refractivity contribution in [1.29, 1.82) is 0 Å². The molecule has 0 atom stereocenters. The van der Waals surface area contributed by atoms with E-state index < -0.39 is 0 Å². The number of aryl methyl sites for hydroxylation is 1. The molecule has 0 saturated heterocycles. The van der Waals surface area contributed by atoms with E-state index >= 15 is 0 Å². The molecule has 4 nitrogen and oxygen atoms in total. The van der Waals surface area contributed by atoms with Crippen LogP contribution >= 0.6 is 0 Å². The van der Waals surface area contributed by atoms with Crippen LogP contribution in [0, 0.1) is 0 Å². The third-order valence-corrected chi connectivity index (χ3v) is 1.71. The molecule has 4 heteroatoms. The Morgan fingerprint density at radius 1 is 1.62 bits per heavy atom. The molecule has 0 unspecified atom stereocenters. The van der Waals surface area contributed by atoms with Gasteiger partial charge in [0.1, 0.15) is 5.84 Å². The second-order valence-corrected chi connectivity index (χ2v) is 2.88. The quantitative estimate of drug-likeness (QED) is 0.566. The molecule has 0 radical (unpaired) electrons. The van der Waals surface area contributed by atoms with Crippen molar-refractivity contribution >= 4 is 11.7 Å². The molecular weight excluding hydrogens is 164 g/mol. The summed E-state index contributed by atoms with van der Waals surface area (Å²) in [7, 11) is 0. The minimum absolute atomic E-state index is 0.656. The SMILES string of the molecule is CCCC(N)=Nc1ccn(CC)n1. The van der Waals surface area contributed by atoms with Crippen LogP contribution in [0.2, 0.25) is 0 Å². The van der Waals surface area contributed by atoms with Gasteiger partial charge in [0.15, 0.2) is 5.82 Å². The van der Waals surface area contributed by atoms with Crippen LogP contribution in [0.1, 0.15) is 26.7 Å². The van der Waals surface area contributed by atoms with Crippen LogP contribution in [-0.4, -0.2) is 15.6 Å². The van der Waals surface area contributed by atoms with Crippen molar-refractivity contribution in [3.8, 4) is 0 Å². The molecule has 0 amide bonds. The molecule has 0 spiro atoms. The normalized spacial score (nSPS) is 12.0. The highest BCUT2D eigenvalue weighted by atomic mass is 15.3. The first-order chi connectivity index (χ1) is 6.26. The molecule has 0 aromatic carbocycles. The second-order valence-electron chi connectivity index (χ2n) is 2.88. The maximum absolute atomic E-state index is 5.67. The van der Waals surface area contributed by atoms with Gasteiger partial charge in [-0.3, -0.25) is 4.68 Å². The molecule has 0 saturated carbocycles. The number of hydrogen-bond acceptors (Lipinski definition) is 2. The highest BCUT2D eigenvalue weighted by Gasteiger charge is 1.96. The van der Waals surface area contributed by atoms with Crippen molar-refractivity contribution in [1.82, 2.24) is 9.78 Å². The highest BCUT2D eigenvalue weighted by Crippen LogP contribution is 2.07. The van der Waals surface area contributed by atoms with E-state index in [2.05, 4.69) is 17.0 Å². The van der Waals surface area contributed by atoms with E-state index in [1.807, 2.05) is 23.9 Å². The Kier molecular flexibility index (Phi) is 3.49. The molecule has 13 heavy (non-hydrogen) atoms. The first-order valence-corrected chi connectivity index (χ1v) is 4.62. The zero-order valence-corrected chi connectivity index (χ0v) is 8.20. The van der Waals surface area contributed by atoms with Crippen LogP contribution in [0.5, 0.6) is 0 Å². The monoisotopic (exact) mass is 180 g/mol. The number of amidine groups is 1. The molecule has 72 valence electrons. The van der Waals surface area contributed by atoms with Crippen molar-refractivity contribution in [2.45, 2.75) is 33.2 Å². The Morgan fingerprint density at radius 3 is 2.92 bits per heavy atom. The van der Waals surface area contributed by atoms with Crippen molar-refractivity contribution in [2.75, 3.05) is 0 Å². The van der Waals surface area contributed by atoms with Crippen LogP contribution < -0.4 is 5.73 Å². The van der Waals surface area contributed by atoms with Crippen LogP contribution in [0.4, 0.5) is 5.82 Å². The first-order valence-electron chi connectivity index (χ1n) is 4.62. The molecule has 0 aliphatic carbocycles. The molecule has 0 aliphatic heterocycles. The minimum Gasteiger partial charge on any atom is -0.387 e. The summed E-state index contributed by atoms with van der Waals surface area (Å²) in [6, 6.07) is 1.87.